The van der Waals surface area contributed by atoms with E-state index in [9.17, 15) is 0 Å². The largest absolute Gasteiger partial charge is 0.493 e. The van der Waals surface area contributed by atoms with Crippen molar-refractivity contribution in [2.45, 2.75) is 25.6 Å². The lowest BCUT2D eigenvalue weighted by Gasteiger charge is -2.15. The van der Waals surface area contributed by atoms with Crippen molar-refractivity contribution in [3.63, 3.8) is 0 Å². The number of hydrogen-bond donors (Lipinski definition) is 1. The van der Waals surface area contributed by atoms with Gasteiger partial charge in [0.2, 0.25) is 0 Å². The Morgan fingerprint density at radius 2 is 2.07 bits per heavy atom. The van der Waals surface area contributed by atoms with Crippen molar-refractivity contribution in [1.29, 1.82) is 0 Å². The second-order valence-electron chi connectivity index (χ2n) is 6.24. The number of benzene rings is 2. The molecule has 1 heterocycles. The van der Waals surface area contributed by atoms with Crippen molar-refractivity contribution in [3.05, 3.63) is 57.6 Å². The van der Waals surface area contributed by atoms with Gasteiger partial charge in [-0.25, -0.2) is 0 Å². The number of rotatable bonds is 7. The maximum Gasteiger partial charge on any atom is 0.161 e. The van der Waals surface area contributed by atoms with Crippen LogP contribution in [0.4, 0.5) is 0 Å². The third-order valence-corrected chi connectivity index (χ3v) is 5.31. The van der Waals surface area contributed by atoms with E-state index < -0.39 is 0 Å². The summed E-state index contributed by atoms with van der Waals surface area (Å²) in [4.78, 5) is 0.663. The van der Waals surface area contributed by atoms with Crippen LogP contribution in [0, 0.1) is 0 Å². The molecule has 0 amide bonds. The lowest BCUT2D eigenvalue weighted by molar-refractivity contribution is 0.114. The number of hydrogen-bond acceptors (Lipinski definition) is 4. The summed E-state index contributed by atoms with van der Waals surface area (Å²) < 4.78 is 16.9. The highest BCUT2D eigenvalue weighted by molar-refractivity contribution is 7.80. The quantitative estimate of drug-likeness (QED) is 0.630. The van der Waals surface area contributed by atoms with Gasteiger partial charge in [0.1, 0.15) is 11.6 Å². The third kappa shape index (κ3) is 5.48. The SMILES string of the molecule is COc1cc(C(=S)NC[C@@H]2CCCO2)ccc1OCc1ccc(Cl)cc1Cl. The zero-order valence-electron chi connectivity index (χ0n) is 15.0. The van der Waals surface area contributed by atoms with Gasteiger partial charge >= 0.3 is 0 Å². The van der Waals surface area contributed by atoms with E-state index in [4.69, 9.17) is 49.6 Å². The van der Waals surface area contributed by atoms with Crippen LogP contribution in [0.3, 0.4) is 0 Å². The lowest BCUT2D eigenvalue weighted by atomic mass is 10.2. The molecule has 1 aliphatic rings. The standard InChI is InChI=1S/C20H21Cl2NO3S/c1-24-19-9-13(20(27)23-11-16-3-2-8-25-16)5-7-18(19)26-12-14-4-6-15(21)10-17(14)22/h4-7,9-10,16H,2-3,8,11-12H2,1H3,(H,23,27)/t16-/m0/s1. The highest BCUT2D eigenvalue weighted by Gasteiger charge is 2.16. The van der Waals surface area contributed by atoms with E-state index in [1.807, 2.05) is 24.3 Å². The first-order chi connectivity index (χ1) is 13.1. The minimum atomic E-state index is 0.233. The van der Waals surface area contributed by atoms with E-state index in [1.54, 1.807) is 19.2 Å². The average molecular weight is 426 g/mol. The third-order valence-electron chi connectivity index (χ3n) is 4.34. The van der Waals surface area contributed by atoms with Crippen molar-refractivity contribution in [2.75, 3.05) is 20.3 Å². The number of thiocarbonyl (C=S) groups is 1. The molecule has 1 atom stereocenters. The predicted octanol–water partition coefficient (Wildman–Crippen LogP) is 5.03. The molecule has 1 fully saturated rings. The minimum absolute atomic E-state index is 0.233. The first-order valence-corrected chi connectivity index (χ1v) is 9.88. The molecule has 2 aromatic rings. The second-order valence-corrected chi connectivity index (χ2v) is 7.49. The second kappa shape index (κ2) is 9.60. The Hall–Kier alpha value is -1.53. The zero-order chi connectivity index (χ0) is 19.2. The lowest BCUT2D eigenvalue weighted by Crippen LogP contribution is -2.31. The summed E-state index contributed by atoms with van der Waals surface area (Å²) in [5.74, 6) is 1.23. The van der Waals surface area contributed by atoms with Crippen molar-refractivity contribution in [2.24, 2.45) is 0 Å². The van der Waals surface area contributed by atoms with Gasteiger partial charge in [0, 0.05) is 34.3 Å². The summed E-state index contributed by atoms with van der Waals surface area (Å²) in [6.45, 7) is 1.86. The molecule has 0 bridgehead atoms. The Labute approximate surface area is 174 Å². The number of nitrogens with one attached hydrogen (secondary N) is 1. The Morgan fingerprint density at radius 3 is 2.78 bits per heavy atom. The molecule has 0 spiro atoms. The van der Waals surface area contributed by atoms with Crippen LogP contribution < -0.4 is 14.8 Å². The molecule has 0 saturated carbocycles. The molecule has 0 aromatic heterocycles. The van der Waals surface area contributed by atoms with Gasteiger partial charge in [-0.3, -0.25) is 0 Å². The molecule has 1 aliphatic heterocycles. The molecule has 0 unspecified atom stereocenters. The topological polar surface area (TPSA) is 39.7 Å². The van der Waals surface area contributed by atoms with Gasteiger partial charge in [-0.2, -0.15) is 0 Å². The fourth-order valence-corrected chi connectivity index (χ4v) is 3.51. The van der Waals surface area contributed by atoms with E-state index >= 15 is 0 Å². The molecule has 1 N–H and O–H groups in total. The number of halogens is 2. The molecule has 2 aromatic carbocycles. The predicted molar refractivity (Wildman–Crippen MR) is 112 cm³/mol. The van der Waals surface area contributed by atoms with E-state index in [0.29, 0.717) is 39.7 Å². The summed E-state index contributed by atoms with van der Waals surface area (Å²) in [5, 5.41) is 4.42. The molecule has 1 saturated heterocycles. The summed E-state index contributed by atoms with van der Waals surface area (Å²) in [6.07, 6.45) is 2.41. The number of methoxy groups -OCH3 is 1. The highest BCUT2D eigenvalue weighted by Crippen LogP contribution is 2.30. The van der Waals surface area contributed by atoms with Crippen LogP contribution in [-0.4, -0.2) is 31.4 Å². The molecule has 144 valence electrons. The van der Waals surface area contributed by atoms with Crippen LogP contribution in [0.1, 0.15) is 24.0 Å². The van der Waals surface area contributed by atoms with Crippen LogP contribution in [0.25, 0.3) is 0 Å². The summed E-state index contributed by atoms with van der Waals surface area (Å²) in [6, 6.07) is 10.9. The summed E-state index contributed by atoms with van der Waals surface area (Å²) >= 11 is 17.6. The Morgan fingerprint density at radius 1 is 1.22 bits per heavy atom. The van der Waals surface area contributed by atoms with Crippen LogP contribution >= 0.6 is 35.4 Å². The first kappa shape index (κ1) is 20.2. The summed E-state index contributed by atoms with van der Waals surface area (Å²) in [5.41, 5.74) is 1.72. The zero-order valence-corrected chi connectivity index (χ0v) is 17.3. The van der Waals surface area contributed by atoms with Gasteiger partial charge in [0.15, 0.2) is 11.5 Å². The Balaban J connectivity index is 1.63. The van der Waals surface area contributed by atoms with Crippen LogP contribution in [0.2, 0.25) is 10.0 Å². The maximum absolute atomic E-state index is 6.19. The minimum Gasteiger partial charge on any atom is -0.493 e. The van der Waals surface area contributed by atoms with Crippen molar-refractivity contribution < 1.29 is 14.2 Å². The van der Waals surface area contributed by atoms with Crippen LogP contribution in [0.15, 0.2) is 36.4 Å². The van der Waals surface area contributed by atoms with E-state index in [2.05, 4.69) is 5.32 Å². The van der Waals surface area contributed by atoms with Gasteiger partial charge in [-0.1, -0.05) is 41.5 Å². The van der Waals surface area contributed by atoms with Crippen molar-refractivity contribution >= 4 is 40.4 Å². The van der Waals surface area contributed by atoms with Gasteiger partial charge in [-0.15, -0.1) is 0 Å². The van der Waals surface area contributed by atoms with E-state index in [1.165, 1.54) is 0 Å². The molecule has 3 rings (SSSR count). The van der Waals surface area contributed by atoms with Gasteiger partial charge in [0.05, 0.1) is 13.2 Å². The first-order valence-electron chi connectivity index (χ1n) is 8.71. The monoisotopic (exact) mass is 425 g/mol. The molecule has 4 nitrogen and oxygen atoms in total. The maximum atomic E-state index is 6.19. The smallest absolute Gasteiger partial charge is 0.161 e. The van der Waals surface area contributed by atoms with Crippen LogP contribution in [-0.2, 0) is 11.3 Å². The Kier molecular flexibility index (Phi) is 7.19. The molecule has 7 heteroatoms. The van der Waals surface area contributed by atoms with E-state index in [0.717, 1.165) is 30.6 Å². The highest BCUT2D eigenvalue weighted by atomic mass is 35.5. The average Bonchev–Trinajstić information content (AvgIpc) is 3.19. The van der Waals surface area contributed by atoms with Crippen molar-refractivity contribution in [3.8, 4) is 11.5 Å². The molecule has 0 aliphatic carbocycles. The summed E-state index contributed by atoms with van der Waals surface area (Å²) in [7, 11) is 1.60. The molecular formula is C20H21Cl2NO3S. The molecular weight excluding hydrogens is 405 g/mol. The normalized spacial score (nSPS) is 16.2. The van der Waals surface area contributed by atoms with E-state index in [-0.39, 0.29) is 6.10 Å². The van der Waals surface area contributed by atoms with Crippen LogP contribution in [0.5, 0.6) is 11.5 Å². The fraction of sp³-hybridized carbons (Fsp3) is 0.350. The number of ether oxygens (including phenoxy) is 3. The Bertz CT molecular complexity index is 810. The van der Waals surface area contributed by atoms with Gasteiger partial charge in [0.25, 0.3) is 0 Å². The fourth-order valence-electron chi connectivity index (χ4n) is 2.84. The molecule has 27 heavy (non-hydrogen) atoms. The van der Waals surface area contributed by atoms with Gasteiger partial charge < -0.3 is 19.5 Å². The van der Waals surface area contributed by atoms with Crippen molar-refractivity contribution in [1.82, 2.24) is 5.32 Å². The van der Waals surface area contributed by atoms with Gasteiger partial charge in [-0.05, 0) is 43.2 Å². The molecule has 0 radical (unpaired) electrons.